The molecule has 1 saturated heterocycles. The molecule has 1 amide bonds. The summed E-state index contributed by atoms with van der Waals surface area (Å²) in [4.78, 5) is 25.8. The van der Waals surface area contributed by atoms with Crippen molar-refractivity contribution in [1.82, 2.24) is 14.9 Å². The maximum absolute atomic E-state index is 14.5. The number of amides is 1. The van der Waals surface area contributed by atoms with Crippen molar-refractivity contribution in [1.29, 1.82) is 0 Å². The van der Waals surface area contributed by atoms with Crippen molar-refractivity contribution in [3.05, 3.63) is 94.9 Å². The number of aryl methyl sites for hydroxylation is 2. The van der Waals surface area contributed by atoms with Crippen LogP contribution in [0.25, 0.3) is 0 Å². The van der Waals surface area contributed by atoms with Gasteiger partial charge in [0, 0.05) is 30.1 Å². The van der Waals surface area contributed by atoms with Gasteiger partial charge in [-0.25, -0.2) is 19.1 Å². The third kappa shape index (κ3) is 8.28. The molecule has 0 bridgehead atoms. The molecule has 0 aliphatic carbocycles. The van der Waals surface area contributed by atoms with Crippen molar-refractivity contribution >= 4 is 23.5 Å². The summed E-state index contributed by atoms with van der Waals surface area (Å²) in [6, 6.07) is 16.0. The van der Waals surface area contributed by atoms with E-state index in [0.29, 0.717) is 51.8 Å². The minimum Gasteiger partial charge on any atom is -0.497 e. The van der Waals surface area contributed by atoms with E-state index in [9.17, 15) is 14.3 Å². The highest BCUT2D eigenvalue weighted by atomic mass is 19.1. The fraction of sp³-hybridized carbons (Fsp3) is 0.361. The topological polar surface area (TPSA) is 109 Å². The summed E-state index contributed by atoms with van der Waals surface area (Å²) in [6.07, 6.45) is 5.02. The van der Waals surface area contributed by atoms with E-state index in [1.54, 1.807) is 32.0 Å². The van der Waals surface area contributed by atoms with E-state index < -0.39 is 18.0 Å². The number of likely N-dealkylation sites (tertiary alicyclic amines) is 1. The summed E-state index contributed by atoms with van der Waals surface area (Å²) in [6.45, 7) is 7.46. The van der Waals surface area contributed by atoms with E-state index in [1.807, 2.05) is 24.3 Å². The lowest BCUT2D eigenvalue weighted by Crippen LogP contribution is -2.36. The molecule has 1 aliphatic rings. The molecule has 1 unspecified atom stereocenters. The molecule has 0 spiro atoms. The molecule has 4 aromatic rings. The van der Waals surface area contributed by atoms with E-state index in [0.717, 1.165) is 31.0 Å². The van der Waals surface area contributed by atoms with Crippen LogP contribution in [-0.4, -0.2) is 66.5 Å². The molecule has 248 valence electrons. The van der Waals surface area contributed by atoms with Crippen LogP contribution in [0.3, 0.4) is 0 Å². The number of anilines is 3. The third-order valence-electron chi connectivity index (χ3n) is 8.34. The molecule has 1 atom stereocenters. The van der Waals surface area contributed by atoms with Crippen LogP contribution in [0.5, 0.6) is 17.2 Å². The number of halogens is 1. The summed E-state index contributed by atoms with van der Waals surface area (Å²) >= 11 is 0. The van der Waals surface area contributed by atoms with Crippen molar-refractivity contribution in [3.63, 3.8) is 0 Å². The third-order valence-corrected chi connectivity index (χ3v) is 8.34. The van der Waals surface area contributed by atoms with Crippen molar-refractivity contribution in [3.8, 4) is 17.2 Å². The molecule has 1 aromatic heterocycles. The van der Waals surface area contributed by atoms with Crippen molar-refractivity contribution < 1.29 is 28.5 Å². The van der Waals surface area contributed by atoms with Crippen LogP contribution in [0.1, 0.15) is 54.0 Å². The molecular formula is C36H42FN5O5. The molecule has 0 radical (unpaired) electrons. The second-order valence-electron chi connectivity index (χ2n) is 11.6. The number of hydrogen-bond donors (Lipinski definition) is 2. The standard InChI is InChI=1S/C36H42FN5O5/c1-24-20-26(37)21-25(2)33(24)34(30-23-28(45-3)12-13-31(30)46-4)42(36(43)44)32-14-15-38-35(40-32)39-27-10-8-11-29(22-27)47-19-9-18-41-16-6-5-7-17-41/h8,10-15,20-23,34H,5-7,9,16-19H2,1-4H3,(H,43,44)(H,38,39,40). The molecule has 2 heterocycles. The summed E-state index contributed by atoms with van der Waals surface area (Å²) in [5.74, 6) is 1.55. The number of carbonyl (C=O) groups is 1. The van der Waals surface area contributed by atoms with E-state index in [2.05, 4.69) is 20.2 Å². The van der Waals surface area contributed by atoms with Gasteiger partial charge in [0.25, 0.3) is 0 Å². The summed E-state index contributed by atoms with van der Waals surface area (Å²) < 4.78 is 31.7. The Bertz CT molecular complexity index is 1660. The van der Waals surface area contributed by atoms with Gasteiger partial charge in [0.15, 0.2) is 0 Å². The average Bonchev–Trinajstić information content (AvgIpc) is 3.06. The van der Waals surface area contributed by atoms with Crippen LogP contribution < -0.4 is 24.4 Å². The van der Waals surface area contributed by atoms with E-state index in [1.165, 1.54) is 57.9 Å². The van der Waals surface area contributed by atoms with E-state index >= 15 is 0 Å². The fourth-order valence-electron chi connectivity index (χ4n) is 6.17. The van der Waals surface area contributed by atoms with Gasteiger partial charge in [-0.2, -0.15) is 4.98 Å². The number of benzene rings is 3. The van der Waals surface area contributed by atoms with Crippen LogP contribution in [-0.2, 0) is 0 Å². The lowest BCUT2D eigenvalue weighted by molar-refractivity contribution is 0.199. The zero-order valence-corrected chi connectivity index (χ0v) is 27.3. The van der Waals surface area contributed by atoms with Gasteiger partial charge < -0.3 is 29.5 Å². The minimum absolute atomic E-state index is 0.109. The maximum Gasteiger partial charge on any atom is 0.413 e. The van der Waals surface area contributed by atoms with E-state index in [-0.39, 0.29) is 11.8 Å². The Hall–Kier alpha value is -4.90. The molecule has 3 aromatic carbocycles. The van der Waals surface area contributed by atoms with Crippen LogP contribution >= 0.6 is 0 Å². The highest BCUT2D eigenvalue weighted by Crippen LogP contribution is 2.41. The zero-order chi connectivity index (χ0) is 33.3. The molecule has 10 nitrogen and oxygen atoms in total. The van der Waals surface area contributed by atoms with Crippen LogP contribution in [0.4, 0.5) is 26.6 Å². The fourth-order valence-corrected chi connectivity index (χ4v) is 6.17. The quantitative estimate of drug-likeness (QED) is 0.143. The number of aromatic nitrogens is 2. The van der Waals surface area contributed by atoms with E-state index in [4.69, 9.17) is 14.2 Å². The largest absolute Gasteiger partial charge is 0.497 e. The molecule has 1 fully saturated rings. The summed E-state index contributed by atoms with van der Waals surface area (Å²) in [5, 5.41) is 13.9. The van der Waals surface area contributed by atoms with Gasteiger partial charge in [-0.1, -0.05) is 12.5 Å². The first-order chi connectivity index (χ1) is 22.8. The number of ether oxygens (including phenoxy) is 3. The second kappa shape index (κ2) is 15.6. The maximum atomic E-state index is 14.5. The van der Waals surface area contributed by atoms with Gasteiger partial charge in [0.05, 0.1) is 26.9 Å². The van der Waals surface area contributed by atoms with Gasteiger partial charge >= 0.3 is 6.09 Å². The number of rotatable bonds is 13. The highest BCUT2D eigenvalue weighted by Gasteiger charge is 2.34. The number of nitrogens with one attached hydrogen (secondary N) is 1. The Morgan fingerprint density at radius 1 is 1.00 bits per heavy atom. The van der Waals surface area contributed by atoms with Gasteiger partial charge in [0.1, 0.15) is 28.9 Å². The normalized spacial score (nSPS) is 13.9. The van der Waals surface area contributed by atoms with Crippen molar-refractivity contribution in [2.24, 2.45) is 0 Å². The first-order valence-corrected chi connectivity index (χ1v) is 15.8. The lowest BCUT2D eigenvalue weighted by atomic mass is 9.89. The predicted octanol–water partition coefficient (Wildman–Crippen LogP) is 7.52. The van der Waals surface area contributed by atoms with Crippen LogP contribution in [0, 0.1) is 19.7 Å². The Morgan fingerprint density at radius 3 is 2.47 bits per heavy atom. The van der Waals surface area contributed by atoms with Crippen LogP contribution in [0.15, 0.2) is 66.9 Å². The molecule has 2 N–H and O–H groups in total. The molecule has 11 heteroatoms. The average molecular weight is 644 g/mol. The Labute approximate surface area is 275 Å². The predicted molar refractivity (Wildman–Crippen MR) is 180 cm³/mol. The van der Waals surface area contributed by atoms with Gasteiger partial charge in [-0.3, -0.25) is 0 Å². The smallest absolute Gasteiger partial charge is 0.413 e. The Balaban J connectivity index is 1.44. The molecule has 47 heavy (non-hydrogen) atoms. The number of hydrogen-bond acceptors (Lipinski definition) is 8. The monoisotopic (exact) mass is 643 g/mol. The summed E-state index contributed by atoms with van der Waals surface area (Å²) in [7, 11) is 3.04. The van der Waals surface area contributed by atoms with Gasteiger partial charge in [-0.15, -0.1) is 0 Å². The number of nitrogens with zero attached hydrogens (tertiary/aromatic N) is 4. The van der Waals surface area contributed by atoms with Crippen LogP contribution in [0.2, 0.25) is 0 Å². The second-order valence-corrected chi connectivity index (χ2v) is 11.6. The zero-order valence-electron chi connectivity index (χ0n) is 27.3. The molecule has 0 saturated carbocycles. The molecule has 5 rings (SSSR count). The SMILES string of the molecule is COc1ccc(OC)c(C(c2c(C)cc(F)cc2C)N(C(=O)O)c2ccnc(Nc3cccc(OCCCN4CCCCC4)c3)n2)c1. The minimum atomic E-state index is -1.27. The number of carboxylic acid groups (broad SMARTS) is 1. The van der Waals surface area contributed by atoms with Crippen molar-refractivity contribution in [2.45, 2.75) is 45.6 Å². The number of methoxy groups -OCH3 is 2. The molecule has 1 aliphatic heterocycles. The molecular weight excluding hydrogens is 601 g/mol. The first-order valence-electron chi connectivity index (χ1n) is 15.8. The first kappa shape index (κ1) is 33.5. The summed E-state index contributed by atoms with van der Waals surface area (Å²) in [5.41, 5.74) is 2.94. The van der Waals surface area contributed by atoms with Crippen molar-refractivity contribution in [2.75, 3.05) is 50.7 Å². The van der Waals surface area contributed by atoms with Gasteiger partial charge in [0.2, 0.25) is 5.95 Å². The lowest BCUT2D eigenvalue weighted by Gasteiger charge is -2.32. The number of piperidine rings is 1. The highest BCUT2D eigenvalue weighted by molar-refractivity contribution is 5.87. The Morgan fingerprint density at radius 2 is 1.77 bits per heavy atom. The van der Waals surface area contributed by atoms with Gasteiger partial charge in [-0.05, 0) is 111 Å². The Kier molecular flexibility index (Phi) is 11.1.